The first kappa shape index (κ1) is 41.0. The summed E-state index contributed by atoms with van der Waals surface area (Å²) in [4.78, 5) is 6.72. The van der Waals surface area contributed by atoms with Gasteiger partial charge in [-0.05, 0) is 144 Å². The monoisotopic (exact) mass is 890 g/mol. The largest absolute Gasteiger partial charge is 0.308 e. The Morgan fingerprint density at radius 1 is 0.470 bits per heavy atom. The van der Waals surface area contributed by atoms with Crippen LogP contribution in [0.25, 0.3) is 68.7 Å². The van der Waals surface area contributed by atoms with Gasteiger partial charge in [0, 0.05) is 47.9 Å². The Labute approximate surface area is 396 Å². The minimum Gasteiger partial charge on any atom is -0.308 e. The van der Waals surface area contributed by atoms with Crippen molar-refractivity contribution in [1.29, 1.82) is 0 Å². The number of thiophene rings is 2. The minimum atomic E-state index is 0.293. The maximum Gasteiger partial charge on any atom is 0.0669 e. The highest BCUT2D eigenvalue weighted by atomic mass is 32.1. The lowest BCUT2D eigenvalue weighted by Crippen LogP contribution is -2.14. The van der Waals surface area contributed by atoms with Crippen LogP contribution in [0.1, 0.15) is 89.8 Å². The predicted molar refractivity (Wildman–Crippen MR) is 292 cm³/mol. The molecule has 0 N–H and O–H groups in total. The molecule has 1 aliphatic carbocycles. The summed E-state index contributed by atoms with van der Waals surface area (Å²) < 4.78 is 4.01. The van der Waals surface area contributed by atoms with Crippen LogP contribution in [0.4, 0.5) is 34.1 Å². The van der Waals surface area contributed by atoms with E-state index < -0.39 is 0 Å². The molecule has 0 atom stereocenters. The molecule has 11 aromatic rings. The molecule has 4 heteroatoms. The van der Waals surface area contributed by atoms with Gasteiger partial charge in [0.15, 0.2) is 0 Å². The second-order valence-electron chi connectivity index (χ2n) is 19.4. The average molecular weight is 891 g/mol. The summed E-state index contributed by atoms with van der Waals surface area (Å²) in [5.74, 6) is 0.590. The van der Waals surface area contributed by atoms with Gasteiger partial charge in [-0.25, -0.2) is 0 Å². The van der Waals surface area contributed by atoms with Gasteiger partial charge in [-0.3, -0.25) is 0 Å². The van der Waals surface area contributed by atoms with Gasteiger partial charge in [-0.15, -0.1) is 22.7 Å². The number of fused-ring (bicyclic) bond motifs is 6. The summed E-state index contributed by atoms with van der Waals surface area (Å²) in [5.41, 5.74) is 16.6. The van der Waals surface area contributed by atoms with Crippen LogP contribution in [0.2, 0.25) is 0 Å². The smallest absolute Gasteiger partial charge is 0.0669 e. The summed E-state index contributed by atoms with van der Waals surface area (Å²) in [6.45, 7) is 18.5. The predicted octanol–water partition coefficient (Wildman–Crippen LogP) is 19.5. The van der Waals surface area contributed by atoms with E-state index in [1.807, 2.05) is 22.7 Å². The molecule has 0 spiro atoms. The molecular weight excluding hydrogens is 837 g/mol. The molecule has 0 aliphatic heterocycles. The fourth-order valence-electron chi connectivity index (χ4n) is 11.0. The van der Waals surface area contributed by atoms with Gasteiger partial charge >= 0.3 is 0 Å². The second-order valence-corrected chi connectivity index (χ2v) is 21.5. The Bertz CT molecular complexity index is 3750. The normalized spacial score (nSPS) is 12.9. The van der Waals surface area contributed by atoms with E-state index in [0.29, 0.717) is 11.8 Å². The zero-order valence-corrected chi connectivity index (χ0v) is 40.8. The van der Waals surface area contributed by atoms with Crippen molar-refractivity contribution < 1.29 is 0 Å². The van der Waals surface area contributed by atoms with Crippen LogP contribution in [-0.2, 0) is 6.42 Å². The van der Waals surface area contributed by atoms with E-state index in [1.165, 1.54) is 141 Å². The fraction of sp³-hybridized carbons (Fsp3) is 0.194. The van der Waals surface area contributed by atoms with Crippen LogP contribution in [0.5, 0.6) is 0 Å². The van der Waals surface area contributed by atoms with Crippen LogP contribution in [-0.4, -0.2) is 0 Å². The molecule has 0 radical (unpaired) electrons. The maximum atomic E-state index is 2.62. The number of aryl methyl sites for hydroxylation is 5. The van der Waals surface area contributed by atoms with Gasteiger partial charge in [-0.2, -0.15) is 0 Å². The molecule has 9 aromatic carbocycles. The minimum absolute atomic E-state index is 0.293. The third kappa shape index (κ3) is 6.25. The first-order valence-corrected chi connectivity index (χ1v) is 25.3. The zero-order valence-electron chi connectivity index (χ0n) is 39.1. The Hall–Kier alpha value is -6.46. The van der Waals surface area contributed by atoms with Gasteiger partial charge < -0.3 is 9.80 Å². The lowest BCUT2D eigenvalue weighted by molar-refractivity contribution is 0.875. The Kier molecular flexibility index (Phi) is 9.68. The maximum absolute atomic E-state index is 2.62. The van der Waals surface area contributed by atoms with E-state index in [0.717, 1.165) is 12.8 Å². The summed E-state index contributed by atoms with van der Waals surface area (Å²) in [6.07, 6.45) is 6.92. The van der Waals surface area contributed by atoms with Crippen molar-refractivity contribution in [2.24, 2.45) is 0 Å². The van der Waals surface area contributed by atoms with E-state index in [4.69, 9.17) is 0 Å². The van der Waals surface area contributed by atoms with Crippen LogP contribution >= 0.6 is 22.7 Å². The molecule has 2 heterocycles. The third-order valence-electron chi connectivity index (χ3n) is 14.4. The van der Waals surface area contributed by atoms with Crippen LogP contribution < -0.4 is 9.80 Å². The number of hydrogen-bond donors (Lipinski definition) is 0. The first-order valence-electron chi connectivity index (χ1n) is 23.7. The van der Waals surface area contributed by atoms with E-state index in [2.05, 4.69) is 211 Å². The molecule has 2 aromatic heterocycles. The average Bonchev–Trinajstić information content (AvgIpc) is 3.89. The topological polar surface area (TPSA) is 6.48 Å². The first-order chi connectivity index (χ1) is 32.0. The van der Waals surface area contributed by atoms with Crippen molar-refractivity contribution in [2.75, 3.05) is 9.80 Å². The molecule has 12 rings (SSSR count). The SMILES string of the molecule is Cc1ccc(N(c2cc(C(C)C)c3ccc4c(N(c5ccc(C)cc5)c5c(C)ccc6c5sc5ccccc56)cc(C(C)C)c5ccc2c3c54)c2c(C)ccc3c4c(sc23)CCC=C4)cc1. The van der Waals surface area contributed by atoms with Crippen LogP contribution in [0, 0.1) is 27.7 Å². The van der Waals surface area contributed by atoms with E-state index in [1.54, 1.807) is 0 Å². The highest BCUT2D eigenvalue weighted by Gasteiger charge is 2.29. The summed E-state index contributed by atoms with van der Waals surface area (Å²) in [6, 6.07) is 51.6. The van der Waals surface area contributed by atoms with Crippen LogP contribution in [0.15, 0.2) is 140 Å². The standard InChI is InChI=1S/C62H54N2S2/c1-35(2)51-33-53(63(41-23-17-37(5)18-24-41)59-39(7)21-27-47-43-13-9-11-15-55(43)65-61(47)59)49-32-30-46-52(36(3)4)34-54(50-31-29-45(51)57(49)58(46)50)64(42-25-19-38(6)20-26-42)60-40(8)22-28-48-44-14-10-12-16-56(44)66-62(48)60/h9-11,13-15,17-36H,12,16H2,1-8H3. The van der Waals surface area contributed by atoms with Crippen molar-refractivity contribution in [1.82, 2.24) is 0 Å². The molecule has 0 unspecified atom stereocenters. The number of rotatable bonds is 8. The molecule has 0 amide bonds. The number of benzene rings is 9. The van der Waals surface area contributed by atoms with Gasteiger partial charge in [0.05, 0.1) is 32.1 Å². The van der Waals surface area contributed by atoms with Crippen LogP contribution in [0.3, 0.4) is 0 Å². The van der Waals surface area contributed by atoms with Crippen molar-refractivity contribution in [3.8, 4) is 0 Å². The Morgan fingerprint density at radius 3 is 1.50 bits per heavy atom. The summed E-state index contributed by atoms with van der Waals surface area (Å²) in [5, 5.41) is 11.9. The van der Waals surface area contributed by atoms with E-state index >= 15 is 0 Å². The molecule has 1 aliphatic rings. The van der Waals surface area contributed by atoms with E-state index in [9.17, 15) is 0 Å². The zero-order chi connectivity index (χ0) is 45.1. The van der Waals surface area contributed by atoms with E-state index in [-0.39, 0.29) is 0 Å². The molecule has 324 valence electrons. The Balaban J connectivity index is 1.22. The summed E-state index contributed by atoms with van der Waals surface area (Å²) in [7, 11) is 0. The van der Waals surface area contributed by atoms with Crippen molar-refractivity contribution in [3.05, 3.63) is 183 Å². The highest BCUT2D eigenvalue weighted by molar-refractivity contribution is 7.26. The quantitative estimate of drug-likeness (QED) is 0.140. The number of allylic oxidation sites excluding steroid dienone is 1. The molecule has 2 nitrogen and oxygen atoms in total. The second kappa shape index (κ2) is 15.6. The number of hydrogen-bond acceptors (Lipinski definition) is 4. The number of anilines is 6. The number of nitrogens with zero attached hydrogens (tertiary/aromatic N) is 2. The van der Waals surface area contributed by atoms with Gasteiger partial charge in [0.2, 0.25) is 0 Å². The molecule has 0 bridgehead atoms. The lowest BCUT2D eigenvalue weighted by Gasteiger charge is -2.33. The van der Waals surface area contributed by atoms with Crippen molar-refractivity contribution in [2.45, 2.75) is 80.1 Å². The molecule has 0 saturated carbocycles. The third-order valence-corrected chi connectivity index (χ3v) is 16.9. The van der Waals surface area contributed by atoms with Crippen molar-refractivity contribution in [3.63, 3.8) is 0 Å². The van der Waals surface area contributed by atoms with Gasteiger partial charge in [0.25, 0.3) is 0 Å². The lowest BCUT2D eigenvalue weighted by atomic mass is 9.84. The summed E-state index contributed by atoms with van der Waals surface area (Å²) >= 11 is 3.91. The Morgan fingerprint density at radius 2 is 0.955 bits per heavy atom. The molecule has 0 fully saturated rings. The molecular formula is C62H54N2S2. The molecule has 66 heavy (non-hydrogen) atoms. The van der Waals surface area contributed by atoms with Crippen molar-refractivity contribution >= 4 is 125 Å². The molecule has 0 saturated heterocycles. The van der Waals surface area contributed by atoms with Gasteiger partial charge in [-0.1, -0.05) is 142 Å². The van der Waals surface area contributed by atoms with Gasteiger partial charge in [0.1, 0.15) is 0 Å². The fourth-order valence-corrected chi connectivity index (χ4v) is 13.7. The highest BCUT2D eigenvalue weighted by Crippen LogP contribution is 2.55.